The van der Waals surface area contributed by atoms with Gasteiger partial charge >= 0.3 is 0 Å². The van der Waals surface area contributed by atoms with Crippen LogP contribution in [0.4, 0.5) is 0 Å². The predicted octanol–water partition coefficient (Wildman–Crippen LogP) is -0.849. The lowest BCUT2D eigenvalue weighted by Gasteiger charge is -2.26. The van der Waals surface area contributed by atoms with E-state index >= 15 is 0 Å². The second-order valence-corrected chi connectivity index (χ2v) is 6.31. The fourth-order valence-electron chi connectivity index (χ4n) is 1.94. The maximum atomic E-state index is 12.0. The Hall–Kier alpha value is -1.06. The van der Waals surface area contributed by atoms with Crippen molar-refractivity contribution < 1.29 is 13.2 Å². The Morgan fingerprint density at radius 3 is 2.70 bits per heavy atom. The van der Waals surface area contributed by atoms with Gasteiger partial charge in [0.1, 0.15) is 4.90 Å². The zero-order chi connectivity index (χ0) is 14.4. The van der Waals surface area contributed by atoms with Crippen LogP contribution in [0.25, 0.3) is 0 Å². The van der Waals surface area contributed by atoms with E-state index in [9.17, 15) is 8.42 Å². The molecule has 1 aliphatic rings. The molecule has 2 heterocycles. The molecule has 1 aliphatic heterocycles. The first kappa shape index (κ1) is 15.3. The number of morpholine rings is 1. The molecule has 0 aliphatic carbocycles. The molecule has 7 nitrogen and oxygen atoms in total. The lowest BCUT2D eigenvalue weighted by molar-refractivity contribution is 0.0390. The number of rotatable bonds is 6. The van der Waals surface area contributed by atoms with Crippen molar-refractivity contribution in [3.8, 4) is 0 Å². The Kier molecular flexibility index (Phi) is 5.44. The van der Waals surface area contributed by atoms with Crippen LogP contribution in [0.15, 0.2) is 23.2 Å². The number of nitrogens with two attached hydrogens (primary N) is 1. The molecular formula is C12H20N4O3S. The van der Waals surface area contributed by atoms with Crippen molar-refractivity contribution in [2.45, 2.75) is 11.4 Å². The molecule has 0 unspecified atom stereocenters. The van der Waals surface area contributed by atoms with Crippen LogP contribution in [0.1, 0.15) is 5.69 Å². The summed E-state index contributed by atoms with van der Waals surface area (Å²) >= 11 is 0. The van der Waals surface area contributed by atoms with Crippen molar-refractivity contribution in [3.05, 3.63) is 24.0 Å². The van der Waals surface area contributed by atoms with Gasteiger partial charge in [0.25, 0.3) is 0 Å². The van der Waals surface area contributed by atoms with Crippen LogP contribution in [0.2, 0.25) is 0 Å². The molecule has 1 fully saturated rings. The molecule has 0 aromatic carbocycles. The van der Waals surface area contributed by atoms with Crippen LogP contribution in [-0.2, 0) is 21.3 Å². The van der Waals surface area contributed by atoms with Crippen molar-refractivity contribution in [2.75, 3.05) is 39.4 Å². The van der Waals surface area contributed by atoms with Crippen molar-refractivity contribution in [3.63, 3.8) is 0 Å². The molecule has 0 bridgehead atoms. The zero-order valence-corrected chi connectivity index (χ0v) is 12.1. The van der Waals surface area contributed by atoms with Gasteiger partial charge < -0.3 is 10.5 Å². The summed E-state index contributed by atoms with van der Waals surface area (Å²) in [6.45, 7) is 4.44. The lowest BCUT2D eigenvalue weighted by Crippen LogP contribution is -2.41. The van der Waals surface area contributed by atoms with Gasteiger partial charge in [-0.05, 0) is 12.1 Å². The van der Waals surface area contributed by atoms with Gasteiger partial charge in [-0.1, -0.05) is 0 Å². The number of hydrogen-bond donors (Lipinski definition) is 2. The third-order valence-corrected chi connectivity index (χ3v) is 4.59. The summed E-state index contributed by atoms with van der Waals surface area (Å²) in [5.74, 6) is 0. The highest BCUT2D eigenvalue weighted by atomic mass is 32.2. The Labute approximate surface area is 119 Å². The van der Waals surface area contributed by atoms with Crippen molar-refractivity contribution in [1.82, 2.24) is 14.6 Å². The van der Waals surface area contributed by atoms with Gasteiger partial charge in [-0.15, -0.1) is 0 Å². The van der Waals surface area contributed by atoms with E-state index in [0.717, 1.165) is 13.1 Å². The topological polar surface area (TPSA) is 97.5 Å². The average molecular weight is 300 g/mol. The number of hydrogen-bond acceptors (Lipinski definition) is 6. The Bertz CT molecular complexity index is 512. The second kappa shape index (κ2) is 7.09. The van der Waals surface area contributed by atoms with Gasteiger partial charge in [-0.2, -0.15) is 0 Å². The molecule has 112 valence electrons. The third-order valence-electron chi connectivity index (χ3n) is 3.14. The Morgan fingerprint density at radius 2 is 2.10 bits per heavy atom. The molecule has 3 N–H and O–H groups in total. The molecule has 0 spiro atoms. The van der Waals surface area contributed by atoms with Gasteiger partial charge in [0.15, 0.2) is 0 Å². The van der Waals surface area contributed by atoms with Crippen LogP contribution < -0.4 is 10.5 Å². The fraction of sp³-hybridized carbons (Fsp3) is 0.583. The van der Waals surface area contributed by atoms with Crippen LogP contribution in [0.3, 0.4) is 0 Å². The molecule has 1 saturated heterocycles. The van der Waals surface area contributed by atoms with E-state index in [0.29, 0.717) is 38.5 Å². The molecule has 0 atom stereocenters. The first-order valence-electron chi connectivity index (χ1n) is 6.56. The van der Waals surface area contributed by atoms with Gasteiger partial charge in [-0.3, -0.25) is 9.88 Å². The average Bonchev–Trinajstić information content (AvgIpc) is 2.48. The van der Waals surface area contributed by atoms with Crippen molar-refractivity contribution in [1.29, 1.82) is 0 Å². The van der Waals surface area contributed by atoms with Gasteiger partial charge in [0.2, 0.25) is 10.0 Å². The maximum Gasteiger partial charge on any atom is 0.242 e. The van der Waals surface area contributed by atoms with Crippen LogP contribution in [0, 0.1) is 0 Å². The predicted molar refractivity (Wildman–Crippen MR) is 74.6 cm³/mol. The minimum absolute atomic E-state index is 0.164. The smallest absolute Gasteiger partial charge is 0.242 e. The van der Waals surface area contributed by atoms with Crippen molar-refractivity contribution in [2.24, 2.45) is 5.73 Å². The van der Waals surface area contributed by atoms with E-state index in [1.165, 1.54) is 12.3 Å². The molecule has 0 radical (unpaired) electrons. The highest BCUT2D eigenvalue weighted by molar-refractivity contribution is 7.89. The standard InChI is InChI=1S/C12H20N4O3S/c13-9-11-1-2-12(10-14-11)20(17,18)15-3-4-16-5-7-19-8-6-16/h1-2,10,15H,3-9,13H2. The minimum atomic E-state index is -3.50. The third kappa shape index (κ3) is 4.22. The van der Waals surface area contributed by atoms with Crippen molar-refractivity contribution >= 4 is 10.0 Å². The van der Waals surface area contributed by atoms with E-state index in [1.54, 1.807) is 6.07 Å². The summed E-state index contributed by atoms with van der Waals surface area (Å²) in [5, 5.41) is 0. The molecule has 20 heavy (non-hydrogen) atoms. The Balaban J connectivity index is 1.86. The number of nitrogens with one attached hydrogen (secondary N) is 1. The zero-order valence-electron chi connectivity index (χ0n) is 11.3. The van der Waals surface area contributed by atoms with Crippen LogP contribution in [0.5, 0.6) is 0 Å². The van der Waals surface area contributed by atoms with Gasteiger partial charge in [0.05, 0.1) is 18.9 Å². The quantitative estimate of drug-likeness (QED) is 0.710. The summed E-state index contributed by atoms with van der Waals surface area (Å²) in [6, 6.07) is 3.14. The van der Waals surface area contributed by atoms with E-state index in [-0.39, 0.29) is 4.90 Å². The maximum absolute atomic E-state index is 12.0. The lowest BCUT2D eigenvalue weighted by atomic mass is 10.4. The SMILES string of the molecule is NCc1ccc(S(=O)(=O)NCCN2CCOCC2)cn1. The second-order valence-electron chi connectivity index (χ2n) is 4.54. The summed E-state index contributed by atoms with van der Waals surface area (Å²) in [7, 11) is -3.50. The van der Waals surface area contributed by atoms with E-state index in [4.69, 9.17) is 10.5 Å². The largest absolute Gasteiger partial charge is 0.379 e. The number of pyridine rings is 1. The molecule has 1 aromatic rings. The molecular weight excluding hydrogens is 280 g/mol. The van der Waals surface area contributed by atoms with Gasteiger partial charge in [-0.25, -0.2) is 13.1 Å². The summed E-state index contributed by atoms with van der Waals surface area (Å²) in [6.07, 6.45) is 1.33. The number of sulfonamides is 1. The van der Waals surface area contributed by atoms with E-state index in [1.807, 2.05) is 0 Å². The van der Waals surface area contributed by atoms with E-state index in [2.05, 4.69) is 14.6 Å². The molecule has 1 aromatic heterocycles. The summed E-state index contributed by atoms with van der Waals surface area (Å²) in [4.78, 5) is 6.32. The highest BCUT2D eigenvalue weighted by Crippen LogP contribution is 2.07. The monoisotopic (exact) mass is 300 g/mol. The molecule has 2 rings (SSSR count). The van der Waals surface area contributed by atoms with Crippen LogP contribution in [-0.4, -0.2) is 57.7 Å². The first-order chi connectivity index (χ1) is 9.62. The van der Waals surface area contributed by atoms with Gasteiger partial charge in [0, 0.05) is 38.9 Å². The summed E-state index contributed by atoms with van der Waals surface area (Å²) in [5.41, 5.74) is 6.09. The van der Waals surface area contributed by atoms with Crippen LogP contribution >= 0.6 is 0 Å². The fourth-order valence-corrected chi connectivity index (χ4v) is 2.90. The van der Waals surface area contributed by atoms with E-state index < -0.39 is 10.0 Å². The number of aromatic nitrogens is 1. The normalized spacial score (nSPS) is 17.2. The number of nitrogens with zero attached hydrogens (tertiary/aromatic N) is 2. The molecule has 8 heteroatoms. The molecule has 0 saturated carbocycles. The first-order valence-corrected chi connectivity index (χ1v) is 8.05. The minimum Gasteiger partial charge on any atom is -0.379 e. The summed E-state index contributed by atoms with van der Waals surface area (Å²) < 4.78 is 31.9. The molecule has 0 amide bonds. The highest BCUT2D eigenvalue weighted by Gasteiger charge is 2.15. The Morgan fingerprint density at radius 1 is 1.35 bits per heavy atom. The number of ether oxygens (including phenoxy) is 1.